The number of halogens is 4. The molecule has 0 radical (unpaired) electrons. The maximum atomic E-state index is 11.7. The molecule has 0 aliphatic carbocycles. The molecule has 0 saturated heterocycles. The zero-order valence-corrected chi connectivity index (χ0v) is 8.60. The molecule has 1 rings (SSSR count). The number of pyridine rings is 1. The van der Waals surface area contributed by atoms with Gasteiger partial charge in [0.2, 0.25) is 0 Å². The van der Waals surface area contributed by atoms with E-state index in [4.69, 9.17) is 0 Å². The Hall–Kier alpha value is -0.620. The van der Waals surface area contributed by atoms with Gasteiger partial charge in [-0.05, 0) is 27.6 Å². The first kappa shape index (κ1) is 11.5. The third-order valence-electron chi connectivity index (χ3n) is 1.32. The topological polar surface area (TPSA) is 22.1 Å². The first-order chi connectivity index (χ1) is 6.47. The van der Waals surface area contributed by atoms with Crippen LogP contribution in [0.5, 0.6) is 0 Å². The van der Waals surface area contributed by atoms with Gasteiger partial charge in [0.25, 0.3) is 0 Å². The number of nitrogens with zero attached hydrogens (tertiary/aromatic N) is 1. The minimum Gasteiger partial charge on any atom is -0.367 e. The van der Waals surface area contributed by atoms with Crippen LogP contribution in [0.2, 0.25) is 0 Å². The number of aromatic nitrogens is 1. The molecule has 0 N–H and O–H groups in total. The van der Waals surface area contributed by atoms with Gasteiger partial charge in [-0.15, -0.1) is 0 Å². The summed E-state index contributed by atoms with van der Waals surface area (Å²) in [6.07, 6.45) is -2.82. The van der Waals surface area contributed by atoms with Gasteiger partial charge < -0.3 is 4.74 Å². The van der Waals surface area contributed by atoms with Gasteiger partial charge in [-0.3, -0.25) is 0 Å². The fourth-order valence-corrected chi connectivity index (χ4v) is 1.01. The van der Waals surface area contributed by atoms with Crippen LogP contribution in [0.3, 0.4) is 0 Å². The molecule has 2 nitrogen and oxygen atoms in total. The first-order valence-corrected chi connectivity index (χ1v) is 4.51. The van der Waals surface area contributed by atoms with Gasteiger partial charge in [0.15, 0.2) is 0 Å². The van der Waals surface area contributed by atoms with Gasteiger partial charge in [0.05, 0.1) is 6.61 Å². The fraction of sp³-hybridized carbons (Fsp3) is 0.375. The molecule has 6 heteroatoms. The van der Waals surface area contributed by atoms with Crippen molar-refractivity contribution in [3.05, 3.63) is 28.5 Å². The Labute approximate surface area is 87.2 Å². The second kappa shape index (κ2) is 4.75. The lowest BCUT2D eigenvalue weighted by molar-refractivity contribution is -0.176. The fourth-order valence-electron chi connectivity index (χ4n) is 0.776. The minimum atomic E-state index is -4.28. The number of ether oxygens (including phenoxy) is 1. The Bertz CT molecular complexity index is 286. The van der Waals surface area contributed by atoms with Crippen LogP contribution < -0.4 is 0 Å². The Morgan fingerprint density at radius 1 is 1.36 bits per heavy atom. The van der Waals surface area contributed by atoms with Gasteiger partial charge in [0, 0.05) is 6.20 Å². The van der Waals surface area contributed by atoms with Crippen LogP contribution in [-0.4, -0.2) is 17.8 Å². The molecular formula is C8H7BrF3NO. The second-order valence-corrected chi connectivity index (χ2v) is 3.41. The van der Waals surface area contributed by atoms with Gasteiger partial charge in [0.1, 0.15) is 11.2 Å². The quantitative estimate of drug-likeness (QED) is 0.788. The summed E-state index contributed by atoms with van der Waals surface area (Å²) in [5.74, 6) is 0. The SMILES string of the molecule is FC(F)(F)COCc1ccc(Br)nc1. The first-order valence-electron chi connectivity index (χ1n) is 3.72. The molecule has 0 aliphatic heterocycles. The average Bonchev–Trinajstić information content (AvgIpc) is 2.06. The van der Waals surface area contributed by atoms with Crippen molar-refractivity contribution in [1.82, 2.24) is 4.98 Å². The van der Waals surface area contributed by atoms with E-state index >= 15 is 0 Å². The molecule has 0 unspecified atom stereocenters. The van der Waals surface area contributed by atoms with Crippen LogP contribution >= 0.6 is 15.9 Å². The molecular weight excluding hydrogens is 263 g/mol. The predicted octanol–water partition coefficient (Wildman–Crippen LogP) is 2.92. The van der Waals surface area contributed by atoms with Crippen molar-refractivity contribution in [1.29, 1.82) is 0 Å². The lowest BCUT2D eigenvalue weighted by atomic mass is 10.3. The molecule has 0 aliphatic rings. The van der Waals surface area contributed by atoms with Crippen LogP contribution in [0.1, 0.15) is 5.56 Å². The Morgan fingerprint density at radius 3 is 2.57 bits per heavy atom. The van der Waals surface area contributed by atoms with Gasteiger partial charge in [-0.1, -0.05) is 6.07 Å². The summed E-state index contributed by atoms with van der Waals surface area (Å²) in [5, 5.41) is 0. The van der Waals surface area contributed by atoms with Crippen molar-refractivity contribution >= 4 is 15.9 Å². The highest BCUT2D eigenvalue weighted by atomic mass is 79.9. The van der Waals surface area contributed by atoms with Gasteiger partial charge in [-0.2, -0.15) is 13.2 Å². The maximum absolute atomic E-state index is 11.7. The van der Waals surface area contributed by atoms with Crippen molar-refractivity contribution in [2.45, 2.75) is 12.8 Å². The van der Waals surface area contributed by atoms with E-state index in [2.05, 4.69) is 25.7 Å². The molecule has 0 spiro atoms. The van der Waals surface area contributed by atoms with E-state index in [0.29, 0.717) is 10.2 Å². The largest absolute Gasteiger partial charge is 0.411 e. The van der Waals surface area contributed by atoms with E-state index in [9.17, 15) is 13.2 Å². The monoisotopic (exact) mass is 269 g/mol. The van der Waals surface area contributed by atoms with Crippen molar-refractivity contribution < 1.29 is 17.9 Å². The number of rotatable bonds is 3. The zero-order chi connectivity index (χ0) is 10.6. The highest BCUT2D eigenvalue weighted by Crippen LogP contribution is 2.15. The molecule has 0 fully saturated rings. The van der Waals surface area contributed by atoms with Crippen molar-refractivity contribution in [2.75, 3.05) is 6.61 Å². The molecule has 0 amide bonds. The molecule has 0 aromatic carbocycles. The van der Waals surface area contributed by atoms with E-state index in [1.165, 1.54) is 6.20 Å². The van der Waals surface area contributed by atoms with Gasteiger partial charge in [-0.25, -0.2) is 4.98 Å². The third-order valence-corrected chi connectivity index (χ3v) is 1.79. The smallest absolute Gasteiger partial charge is 0.367 e. The van der Waals surface area contributed by atoms with Crippen molar-refractivity contribution in [3.8, 4) is 0 Å². The molecule has 0 saturated carbocycles. The van der Waals surface area contributed by atoms with E-state index in [1.54, 1.807) is 12.1 Å². The lowest BCUT2D eigenvalue weighted by Crippen LogP contribution is -2.16. The maximum Gasteiger partial charge on any atom is 0.411 e. The van der Waals surface area contributed by atoms with Crippen LogP contribution in [0, 0.1) is 0 Å². The molecule has 1 aromatic rings. The van der Waals surface area contributed by atoms with E-state index in [-0.39, 0.29) is 6.61 Å². The van der Waals surface area contributed by atoms with Gasteiger partial charge >= 0.3 is 6.18 Å². The molecule has 0 bridgehead atoms. The predicted molar refractivity (Wildman–Crippen MR) is 47.6 cm³/mol. The number of alkyl halides is 3. The highest BCUT2D eigenvalue weighted by molar-refractivity contribution is 9.10. The Morgan fingerprint density at radius 2 is 2.07 bits per heavy atom. The number of hydrogen-bond acceptors (Lipinski definition) is 2. The summed E-state index contributed by atoms with van der Waals surface area (Å²) in [4.78, 5) is 3.85. The minimum absolute atomic E-state index is 0.0835. The second-order valence-electron chi connectivity index (χ2n) is 2.60. The summed E-state index contributed by atoms with van der Waals surface area (Å²) in [6, 6.07) is 3.29. The normalized spacial score (nSPS) is 11.7. The van der Waals surface area contributed by atoms with Crippen LogP contribution in [0.25, 0.3) is 0 Å². The highest BCUT2D eigenvalue weighted by Gasteiger charge is 2.27. The van der Waals surface area contributed by atoms with Crippen LogP contribution in [-0.2, 0) is 11.3 Å². The van der Waals surface area contributed by atoms with Crippen LogP contribution in [0.15, 0.2) is 22.9 Å². The molecule has 1 aromatic heterocycles. The zero-order valence-electron chi connectivity index (χ0n) is 7.01. The van der Waals surface area contributed by atoms with E-state index in [1.807, 2.05) is 0 Å². The standard InChI is InChI=1S/C8H7BrF3NO/c9-7-2-1-6(3-13-7)4-14-5-8(10,11)12/h1-3H,4-5H2. The Kier molecular flexibility index (Phi) is 3.88. The average molecular weight is 270 g/mol. The van der Waals surface area contributed by atoms with Crippen LogP contribution in [0.4, 0.5) is 13.2 Å². The Balaban J connectivity index is 2.35. The van der Waals surface area contributed by atoms with E-state index < -0.39 is 12.8 Å². The number of hydrogen-bond donors (Lipinski definition) is 0. The summed E-state index contributed by atoms with van der Waals surface area (Å²) in [5.41, 5.74) is 0.609. The lowest BCUT2D eigenvalue weighted by Gasteiger charge is -2.07. The molecule has 78 valence electrons. The molecule has 0 atom stereocenters. The van der Waals surface area contributed by atoms with E-state index in [0.717, 1.165) is 0 Å². The third kappa shape index (κ3) is 4.57. The summed E-state index contributed by atoms with van der Waals surface area (Å²) < 4.78 is 40.1. The summed E-state index contributed by atoms with van der Waals surface area (Å²) in [7, 11) is 0. The summed E-state index contributed by atoms with van der Waals surface area (Å²) in [6.45, 7) is -1.32. The van der Waals surface area contributed by atoms with Crippen molar-refractivity contribution in [3.63, 3.8) is 0 Å². The molecule has 1 heterocycles. The molecule has 14 heavy (non-hydrogen) atoms. The summed E-state index contributed by atoms with van der Waals surface area (Å²) >= 11 is 3.11. The van der Waals surface area contributed by atoms with Crippen molar-refractivity contribution in [2.24, 2.45) is 0 Å².